The number of hydrogen-bond donors (Lipinski definition) is 1. The van der Waals surface area contributed by atoms with Crippen LogP contribution in [-0.4, -0.2) is 19.2 Å². The van der Waals surface area contributed by atoms with Crippen LogP contribution in [0.1, 0.15) is 20.3 Å². The van der Waals surface area contributed by atoms with Gasteiger partial charge in [-0.15, -0.1) is 0 Å². The Balaban J connectivity index is 2.07. The van der Waals surface area contributed by atoms with Gasteiger partial charge in [0.15, 0.2) is 0 Å². The molecule has 0 bridgehead atoms. The zero-order chi connectivity index (χ0) is 12.8. The molecule has 0 saturated heterocycles. The fourth-order valence-electron chi connectivity index (χ4n) is 2.06. The quantitative estimate of drug-likeness (QED) is 0.783. The maximum Gasteiger partial charge on any atom is 0.127 e. The average Bonchev–Trinajstić information content (AvgIpc) is 2.39. The van der Waals surface area contributed by atoms with Crippen LogP contribution in [0.3, 0.4) is 0 Å². The highest BCUT2D eigenvalue weighted by Crippen LogP contribution is 2.26. The van der Waals surface area contributed by atoms with Crippen LogP contribution in [0.2, 0.25) is 0 Å². The number of ether oxygens (including phenoxy) is 1. The highest BCUT2D eigenvalue weighted by molar-refractivity contribution is 5.88. The zero-order valence-electron chi connectivity index (χ0n) is 11.1. The van der Waals surface area contributed by atoms with E-state index in [0.717, 1.165) is 25.3 Å². The summed E-state index contributed by atoms with van der Waals surface area (Å²) < 4.78 is 6.03. The summed E-state index contributed by atoms with van der Waals surface area (Å²) in [5.41, 5.74) is 0. The topological polar surface area (TPSA) is 21.3 Å². The van der Waals surface area contributed by atoms with Gasteiger partial charge < -0.3 is 10.1 Å². The molecule has 1 atom stereocenters. The fraction of sp³-hybridized carbons (Fsp3) is 0.375. The molecule has 0 amide bonds. The van der Waals surface area contributed by atoms with Crippen molar-refractivity contribution in [2.75, 3.05) is 13.1 Å². The Labute approximate surface area is 109 Å². The van der Waals surface area contributed by atoms with Crippen molar-refractivity contribution < 1.29 is 4.74 Å². The van der Waals surface area contributed by atoms with Crippen molar-refractivity contribution in [3.8, 4) is 5.75 Å². The largest absolute Gasteiger partial charge is 0.490 e. The Morgan fingerprint density at radius 3 is 2.72 bits per heavy atom. The van der Waals surface area contributed by atoms with Gasteiger partial charge >= 0.3 is 0 Å². The van der Waals surface area contributed by atoms with Crippen molar-refractivity contribution in [2.45, 2.75) is 26.4 Å². The average molecular weight is 243 g/mol. The molecule has 0 aromatic heterocycles. The van der Waals surface area contributed by atoms with E-state index in [1.54, 1.807) is 0 Å². The minimum Gasteiger partial charge on any atom is -0.490 e. The van der Waals surface area contributed by atoms with Crippen molar-refractivity contribution in [1.29, 1.82) is 0 Å². The summed E-state index contributed by atoms with van der Waals surface area (Å²) in [7, 11) is 0. The maximum atomic E-state index is 6.03. The molecular formula is C16H21NO. The van der Waals surface area contributed by atoms with Gasteiger partial charge in [-0.3, -0.25) is 0 Å². The lowest BCUT2D eigenvalue weighted by Crippen LogP contribution is -2.22. The standard InChI is InChI=1S/C16H21NO/c1-3-17-12-11-13(2)18-16-10-6-8-14-7-4-5-9-15(14)16/h4-10,13,17H,3,11-12H2,1-2H3. The molecule has 0 aliphatic heterocycles. The van der Waals surface area contributed by atoms with Crippen LogP contribution in [0.25, 0.3) is 10.8 Å². The zero-order valence-corrected chi connectivity index (χ0v) is 11.1. The van der Waals surface area contributed by atoms with Crippen LogP contribution in [0.4, 0.5) is 0 Å². The summed E-state index contributed by atoms with van der Waals surface area (Å²) in [6.07, 6.45) is 1.26. The summed E-state index contributed by atoms with van der Waals surface area (Å²) in [6, 6.07) is 14.6. The van der Waals surface area contributed by atoms with Crippen LogP contribution in [0, 0.1) is 0 Å². The van der Waals surface area contributed by atoms with Crippen molar-refractivity contribution in [3.05, 3.63) is 42.5 Å². The Kier molecular flexibility index (Phi) is 4.59. The van der Waals surface area contributed by atoms with Gasteiger partial charge in [-0.1, -0.05) is 43.3 Å². The van der Waals surface area contributed by atoms with Gasteiger partial charge in [-0.25, -0.2) is 0 Å². The second-order valence-corrected chi connectivity index (χ2v) is 4.55. The fourth-order valence-corrected chi connectivity index (χ4v) is 2.06. The summed E-state index contributed by atoms with van der Waals surface area (Å²) in [5.74, 6) is 0.983. The van der Waals surface area contributed by atoms with E-state index in [0.29, 0.717) is 0 Å². The van der Waals surface area contributed by atoms with Crippen molar-refractivity contribution in [2.24, 2.45) is 0 Å². The van der Waals surface area contributed by atoms with Gasteiger partial charge in [0.1, 0.15) is 5.75 Å². The highest BCUT2D eigenvalue weighted by Gasteiger charge is 2.06. The molecule has 2 aromatic carbocycles. The molecular weight excluding hydrogens is 222 g/mol. The number of fused-ring (bicyclic) bond motifs is 1. The minimum atomic E-state index is 0.231. The smallest absolute Gasteiger partial charge is 0.127 e. The third-order valence-electron chi connectivity index (χ3n) is 3.06. The third-order valence-corrected chi connectivity index (χ3v) is 3.06. The first-order valence-corrected chi connectivity index (χ1v) is 6.66. The van der Waals surface area contributed by atoms with Gasteiger partial charge in [-0.05, 0) is 37.9 Å². The summed E-state index contributed by atoms with van der Waals surface area (Å²) >= 11 is 0. The highest BCUT2D eigenvalue weighted by atomic mass is 16.5. The molecule has 96 valence electrons. The van der Waals surface area contributed by atoms with Gasteiger partial charge in [0.05, 0.1) is 6.10 Å². The predicted octanol–water partition coefficient (Wildman–Crippen LogP) is 3.61. The SMILES string of the molecule is CCNCCC(C)Oc1cccc2ccccc12. The predicted molar refractivity (Wildman–Crippen MR) is 77.2 cm³/mol. The lowest BCUT2D eigenvalue weighted by Gasteiger charge is -2.16. The molecule has 18 heavy (non-hydrogen) atoms. The summed E-state index contributed by atoms with van der Waals surface area (Å²) in [6.45, 7) is 6.26. The van der Waals surface area contributed by atoms with E-state index in [2.05, 4.69) is 55.6 Å². The lowest BCUT2D eigenvalue weighted by atomic mass is 10.1. The first-order valence-electron chi connectivity index (χ1n) is 6.66. The number of hydrogen-bond acceptors (Lipinski definition) is 2. The van der Waals surface area contributed by atoms with E-state index in [-0.39, 0.29) is 6.10 Å². The summed E-state index contributed by atoms with van der Waals surface area (Å²) in [4.78, 5) is 0. The number of benzene rings is 2. The molecule has 2 aromatic rings. The van der Waals surface area contributed by atoms with E-state index >= 15 is 0 Å². The van der Waals surface area contributed by atoms with Crippen molar-refractivity contribution in [1.82, 2.24) is 5.32 Å². The first kappa shape index (κ1) is 12.9. The Morgan fingerprint density at radius 1 is 1.11 bits per heavy atom. The Bertz CT molecular complexity index is 490. The van der Waals surface area contributed by atoms with E-state index < -0.39 is 0 Å². The molecule has 0 aliphatic rings. The monoisotopic (exact) mass is 243 g/mol. The molecule has 0 radical (unpaired) electrons. The van der Waals surface area contributed by atoms with Crippen LogP contribution in [0.15, 0.2) is 42.5 Å². The van der Waals surface area contributed by atoms with E-state index in [9.17, 15) is 0 Å². The second-order valence-electron chi connectivity index (χ2n) is 4.55. The Morgan fingerprint density at radius 2 is 1.89 bits per heavy atom. The molecule has 0 heterocycles. The van der Waals surface area contributed by atoms with Gasteiger partial charge in [-0.2, -0.15) is 0 Å². The van der Waals surface area contributed by atoms with Crippen molar-refractivity contribution in [3.63, 3.8) is 0 Å². The van der Waals surface area contributed by atoms with Gasteiger partial charge in [0.25, 0.3) is 0 Å². The molecule has 2 heteroatoms. The number of rotatable bonds is 6. The van der Waals surface area contributed by atoms with Gasteiger partial charge in [0.2, 0.25) is 0 Å². The normalized spacial score (nSPS) is 12.6. The molecule has 0 saturated carbocycles. The number of nitrogens with one attached hydrogen (secondary N) is 1. The first-order chi connectivity index (χ1) is 8.81. The van der Waals surface area contributed by atoms with E-state index in [1.807, 2.05) is 6.07 Å². The molecule has 0 fully saturated rings. The van der Waals surface area contributed by atoms with Crippen LogP contribution >= 0.6 is 0 Å². The molecule has 1 N–H and O–H groups in total. The van der Waals surface area contributed by atoms with Gasteiger partial charge in [0, 0.05) is 5.39 Å². The van der Waals surface area contributed by atoms with Crippen molar-refractivity contribution >= 4 is 10.8 Å². The molecule has 2 rings (SSSR count). The molecule has 0 aliphatic carbocycles. The molecule has 1 unspecified atom stereocenters. The molecule has 0 spiro atoms. The molecule has 2 nitrogen and oxygen atoms in total. The van der Waals surface area contributed by atoms with E-state index in [1.165, 1.54) is 10.8 Å². The van der Waals surface area contributed by atoms with Crippen LogP contribution in [-0.2, 0) is 0 Å². The lowest BCUT2D eigenvalue weighted by molar-refractivity contribution is 0.213. The third kappa shape index (κ3) is 3.23. The maximum absolute atomic E-state index is 6.03. The van der Waals surface area contributed by atoms with E-state index in [4.69, 9.17) is 4.74 Å². The summed E-state index contributed by atoms with van der Waals surface area (Å²) in [5, 5.41) is 5.74. The van der Waals surface area contributed by atoms with Crippen LogP contribution < -0.4 is 10.1 Å². The minimum absolute atomic E-state index is 0.231. The van der Waals surface area contributed by atoms with Crippen LogP contribution in [0.5, 0.6) is 5.75 Å². The Hall–Kier alpha value is -1.54. The second kappa shape index (κ2) is 6.41.